The van der Waals surface area contributed by atoms with Crippen molar-refractivity contribution in [2.45, 2.75) is 13.0 Å². The molecule has 0 fully saturated rings. The number of halogens is 4. The van der Waals surface area contributed by atoms with E-state index in [4.69, 9.17) is 4.74 Å². The molecule has 0 unspecified atom stereocenters. The van der Waals surface area contributed by atoms with Crippen LogP contribution in [0.3, 0.4) is 0 Å². The molecular weight excluding hydrogens is 456 g/mol. The Bertz CT molecular complexity index is 880. The summed E-state index contributed by atoms with van der Waals surface area (Å²) in [5, 5.41) is 0. The zero-order valence-electron chi connectivity index (χ0n) is 13.5. The van der Waals surface area contributed by atoms with Crippen LogP contribution in [0.4, 0.5) is 13.2 Å². The van der Waals surface area contributed by atoms with Crippen molar-refractivity contribution in [2.24, 2.45) is 0 Å². The normalized spacial score (nSPS) is 11.2. The van der Waals surface area contributed by atoms with E-state index in [2.05, 4.69) is 4.74 Å². The van der Waals surface area contributed by atoms with E-state index in [1.165, 1.54) is 12.1 Å². The molecule has 0 heterocycles. The zero-order valence-corrected chi connectivity index (χ0v) is 15.6. The molecule has 0 spiro atoms. The minimum Gasteiger partial charge on any atom is -0.489 e. The molecule has 3 aromatic rings. The fourth-order valence-electron chi connectivity index (χ4n) is 2.42. The van der Waals surface area contributed by atoms with Crippen molar-refractivity contribution in [3.05, 3.63) is 81.9 Å². The van der Waals surface area contributed by atoms with Gasteiger partial charge in [0.15, 0.2) is 0 Å². The summed E-state index contributed by atoms with van der Waals surface area (Å²) in [6, 6.07) is 21.5. The van der Waals surface area contributed by atoms with Crippen LogP contribution in [-0.4, -0.2) is 6.36 Å². The smallest absolute Gasteiger partial charge is 0.489 e. The summed E-state index contributed by atoms with van der Waals surface area (Å²) in [5.74, 6) is 0.458. The largest absolute Gasteiger partial charge is 0.573 e. The van der Waals surface area contributed by atoms with Crippen LogP contribution in [0.15, 0.2) is 72.8 Å². The standard InChI is InChI=1S/C20H14F3IO2/c21-20(22,23)26-17-9-10-18(19(24)12-17)15-7-4-8-16(11-15)25-13-14-5-2-1-3-6-14/h1-12H,13H2. The summed E-state index contributed by atoms with van der Waals surface area (Å²) in [6.07, 6.45) is -4.70. The number of rotatable bonds is 5. The lowest BCUT2D eigenvalue weighted by molar-refractivity contribution is -0.274. The zero-order chi connectivity index (χ0) is 18.6. The highest BCUT2D eigenvalue weighted by atomic mass is 127. The van der Waals surface area contributed by atoms with Crippen molar-refractivity contribution >= 4 is 22.6 Å². The van der Waals surface area contributed by atoms with Crippen LogP contribution in [0.25, 0.3) is 11.1 Å². The molecule has 0 bridgehead atoms. The van der Waals surface area contributed by atoms with Gasteiger partial charge in [0.1, 0.15) is 18.1 Å². The summed E-state index contributed by atoms with van der Waals surface area (Å²) in [6.45, 7) is 0.444. The fraction of sp³-hybridized carbons (Fsp3) is 0.100. The number of benzene rings is 3. The topological polar surface area (TPSA) is 18.5 Å². The highest BCUT2D eigenvalue weighted by Crippen LogP contribution is 2.32. The monoisotopic (exact) mass is 470 g/mol. The highest BCUT2D eigenvalue weighted by molar-refractivity contribution is 14.1. The van der Waals surface area contributed by atoms with E-state index in [0.29, 0.717) is 15.9 Å². The predicted octanol–water partition coefficient (Wildman–Crippen LogP) is 6.44. The lowest BCUT2D eigenvalue weighted by atomic mass is 10.1. The van der Waals surface area contributed by atoms with Crippen LogP contribution < -0.4 is 9.47 Å². The number of ether oxygens (including phenoxy) is 2. The average Bonchev–Trinajstić information content (AvgIpc) is 2.60. The van der Waals surface area contributed by atoms with Crippen LogP contribution >= 0.6 is 22.6 Å². The number of hydrogen-bond acceptors (Lipinski definition) is 2. The minimum atomic E-state index is -4.70. The Kier molecular flexibility index (Phi) is 5.70. The molecule has 134 valence electrons. The van der Waals surface area contributed by atoms with Gasteiger partial charge in [0.2, 0.25) is 0 Å². The summed E-state index contributed by atoms with van der Waals surface area (Å²) in [7, 11) is 0. The molecule has 0 aromatic heterocycles. The molecule has 0 saturated heterocycles. The average molecular weight is 470 g/mol. The lowest BCUT2D eigenvalue weighted by Crippen LogP contribution is -2.17. The number of hydrogen-bond donors (Lipinski definition) is 0. The van der Waals surface area contributed by atoms with Gasteiger partial charge in [-0.2, -0.15) is 0 Å². The summed E-state index contributed by atoms with van der Waals surface area (Å²) >= 11 is 2.00. The molecule has 0 aliphatic heterocycles. The van der Waals surface area contributed by atoms with E-state index in [1.807, 2.05) is 77.2 Å². The van der Waals surface area contributed by atoms with E-state index in [0.717, 1.165) is 16.7 Å². The Labute approximate surface area is 162 Å². The van der Waals surface area contributed by atoms with Gasteiger partial charge in [-0.15, -0.1) is 13.2 Å². The summed E-state index contributed by atoms with van der Waals surface area (Å²) < 4.78 is 47.4. The van der Waals surface area contributed by atoms with Gasteiger partial charge < -0.3 is 9.47 Å². The van der Waals surface area contributed by atoms with Crippen molar-refractivity contribution < 1.29 is 22.6 Å². The molecule has 2 nitrogen and oxygen atoms in total. The van der Waals surface area contributed by atoms with E-state index in [1.54, 1.807) is 6.07 Å². The Balaban J connectivity index is 1.77. The maximum Gasteiger partial charge on any atom is 0.573 e. The van der Waals surface area contributed by atoms with Crippen molar-refractivity contribution in [3.63, 3.8) is 0 Å². The SMILES string of the molecule is FC(F)(F)Oc1ccc(-c2cccc(OCc3ccccc3)c2)c(I)c1. The van der Waals surface area contributed by atoms with Crippen molar-refractivity contribution in [3.8, 4) is 22.6 Å². The van der Waals surface area contributed by atoms with Crippen molar-refractivity contribution in [1.82, 2.24) is 0 Å². The first kappa shape index (κ1) is 18.6. The van der Waals surface area contributed by atoms with Gasteiger partial charge >= 0.3 is 6.36 Å². The summed E-state index contributed by atoms with van der Waals surface area (Å²) in [5.41, 5.74) is 2.73. The molecule has 3 rings (SSSR count). The second-order valence-corrected chi connectivity index (χ2v) is 6.65. The molecule has 0 aliphatic rings. The second-order valence-electron chi connectivity index (χ2n) is 5.49. The van der Waals surface area contributed by atoms with Crippen LogP contribution in [0.5, 0.6) is 11.5 Å². The van der Waals surface area contributed by atoms with Crippen LogP contribution in [0.1, 0.15) is 5.56 Å². The molecule has 3 aromatic carbocycles. The Morgan fingerprint density at radius 3 is 2.27 bits per heavy atom. The third kappa shape index (κ3) is 5.14. The second kappa shape index (κ2) is 7.99. The van der Waals surface area contributed by atoms with E-state index in [9.17, 15) is 13.2 Å². The first-order valence-electron chi connectivity index (χ1n) is 7.73. The van der Waals surface area contributed by atoms with E-state index < -0.39 is 6.36 Å². The van der Waals surface area contributed by atoms with Crippen molar-refractivity contribution in [2.75, 3.05) is 0 Å². The van der Waals surface area contributed by atoms with Crippen molar-refractivity contribution in [1.29, 1.82) is 0 Å². The molecule has 26 heavy (non-hydrogen) atoms. The first-order valence-corrected chi connectivity index (χ1v) is 8.81. The van der Waals surface area contributed by atoms with Gasteiger partial charge in [0.05, 0.1) is 0 Å². The van der Waals surface area contributed by atoms with Gasteiger partial charge in [-0.3, -0.25) is 0 Å². The Morgan fingerprint density at radius 1 is 0.808 bits per heavy atom. The van der Waals surface area contributed by atoms with Crippen LogP contribution in [0.2, 0.25) is 0 Å². The molecule has 0 aliphatic carbocycles. The van der Waals surface area contributed by atoms with Gasteiger partial charge in [-0.05, 0) is 69.6 Å². The third-order valence-electron chi connectivity index (χ3n) is 3.57. The lowest BCUT2D eigenvalue weighted by Gasteiger charge is -2.12. The third-order valence-corrected chi connectivity index (χ3v) is 4.46. The Hall–Kier alpha value is -2.22. The Morgan fingerprint density at radius 2 is 1.58 bits per heavy atom. The number of alkyl halides is 3. The van der Waals surface area contributed by atoms with Gasteiger partial charge in [0, 0.05) is 3.57 Å². The van der Waals surface area contributed by atoms with Crippen LogP contribution in [0, 0.1) is 3.57 Å². The van der Waals surface area contributed by atoms with E-state index in [-0.39, 0.29) is 5.75 Å². The maximum absolute atomic E-state index is 12.3. The molecule has 0 amide bonds. The molecule has 0 radical (unpaired) electrons. The van der Waals surface area contributed by atoms with Gasteiger partial charge in [-0.1, -0.05) is 42.5 Å². The van der Waals surface area contributed by atoms with E-state index >= 15 is 0 Å². The molecule has 0 saturated carbocycles. The molecule has 6 heteroatoms. The summed E-state index contributed by atoms with van der Waals surface area (Å²) in [4.78, 5) is 0. The molecule has 0 N–H and O–H groups in total. The highest BCUT2D eigenvalue weighted by Gasteiger charge is 2.31. The first-order chi connectivity index (χ1) is 12.4. The van der Waals surface area contributed by atoms with Gasteiger partial charge in [0.25, 0.3) is 0 Å². The maximum atomic E-state index is 12.3. The minimum absolute atomic E-state index is 0.234. The quantitative estimate of drug-likeness (QED) is 0.400. The fourth-order valence-corrected chi connectivity index (χ4v) is 3.22. The predicted molar refractivity (Wildman–Crippen MR) is 102 cm³/mol. The van der Waals surface area contributed by atoms with Crippen LogP contribution in [-0.2, 0) is 6.61 Å². The van der Waals surface area contributed by atoms with Gasteiger partial charge in [-0.25, -0.2) is 0 Å². The molecule has 0 atom stereocenters. The molecular formula is C20H14F3IO2.